The van der Waals surface area contributed by atoms with E-state index in [1.165, 1.54) is 17.7 Å². The Morgan fingerprint density at radius 1 is 1.37 bits per heavy atom. The van der Waals surface area contributed by atoms with Crippen molar-refractivity contribution in [1.29, 1.82) is 0 Å². The number of aryl methyl sites for hydroxylation is 1. The summed E-state index contributed by atoms with van der Waals surface area (Å²) in [6.45, 7) is 1.99. The Balaban J connectivity index is 1.99. The van der Waals surface area contributed by atoms with E-state index in [1.807, 2.05) is 19.1 Å². The topological polar surface area (TPSA) is 38.9 Å². The van der Waals surface area contributed by atoms with Crippen LogP contribution in [0.3, 0.4) is 0 Å². The maximum atomic E-state index is 6.37. The molecule has 100 valence electrons. The Labute approximate surface area is 126 Å². The predicted octanol–water partition coefficient (Wildman–Crippen LogP) is 4.81. The minimum Gasteiger partial charge on any atom is -0.375 e. The van der Waals surface area contributed by atoms with Crippen LogP contribution < -0.4 is 5.73 Å². The van der Waals surface area contributed by atoms with Crippen molar-refractivity contribution >= 4 is 39.7 Å². The molecule has 1 heterocycles. The molecular formula is C14H14Cl2N2S. The molecule has 0 amide bonds. The molecule has 1 aromatic heterocycles. The highest BCUT2D eigenvalue weighted by atomic mass is 35.5. The van der Waals surface area contributed by atoms with Crippen LogP contribution in [0.15, 0.2) is 12.1 Å². The molecule has 0 saturated heterocycles. The summed E-state index contributed by atoms with van der Waals surface area (Å²) >= 11 is 14.2. The molecule has 0 unspecified atom stereocenters. The van der Waals surface area contributed by atoms with Gasteiger partial charge in [0, 0.05) is 27.3 Å². The summed E-state index contributed by atoms with van der Waals surface area (Å²) in [6.07, 6.45) is 3.15. The van der Waals surface area contributed by atoms with Crippen LogP contribution in [0.1, 0.15) is 40.5 Å². The van der Waals surface area contributed by atoms with Crippen LogP contribution in [0.4, 0.5) is 5.13 Å². The number of rotatable bonds is 3. The number of nitrogens with zero attached hydrogens (tertiary/aromatic N) is 1. The maximum absolute atomic E-state index is 6.37. The van der Waals surface area contributed by atoms with Gasteiger partial charge in [-0.1, -0.05) is 29.3 Å². The summed E-state index contributed by atoms with van der Waals surface area (Å²) in [7, 11) is 0. The second-order valence-corrected chi connectivity index (χ2v) is 6.87. The third kappa shape index (κ3) is 2.60. The van der Waals surface area contributed by atoms with Crippen LogP contribution in [0, 0.1) is 6.92 Å². The first kappa shape index (κ1) is 13.2. The summed E-state index contributed by atoms with van der Waals surface area (Å²) in [5.74, 6) is 0.589. The highest BCUT2D eigenvalue weighted by molar-refractivity contribution is 7.15. The number of nitrogens with two attached hydrogens (primary N) is 1. The van der Waals surface area contributed by atoms with Gasteiger partial charge < -0.3 is 5.73 Å². The van der Waals surface area contributed by atoms with E-state index in [4.69, 9.17) is 28.9 Å². The summed E-state index contributed by atoms with van der Waals surface area (Å²) in [6, 6.07) is 3.84. The third-order valence-corrected chi connectivity index (χ3v) is 5.21. The second kappa shape index (κ2) is 4.97. The van der Waals surface area contributed by atoms with Crippen LogP contribution in [0.25, 0.3) is 0 Å². The molecule has 1 aromatic carbocycles. The quantitative estimate of drug-likeness (QED) is 0.883. The minimum atomic E-state index is 0.589. The molecule has 2 nitrogen and oxygen atoms in total. The van der Waals surface area contributed by atoms with E-state index in [0.717, 1.165) is 28.3 Å². The Bertz CT molecular complexity index is 633. The standard InChI is InChI=1S/C14H14Cl2N2S/c1-7-2-5-10(15)9(12(7)16)6-11-13(8-3-4-8)18-14(17)19-11/h2,5,8H,3-4,6H2,1H3,(H2,17,18). The second-order valence-electron chi connectivity index (χ2n) is 4.97. The Hall–Kier alpha value is -0.770. The zero-order chi connectivity index (χ0) is 13.6. The first-order chi connectivity index (χ1) is 9.06. The molecule has 1 aliphatic rings. The van der Waals surface area contributed by atoms with Gasteiger partial charge in [0.15, 0.2) is 5.13 Å². The number of thiazole rings is 1. The monoisotopic (exact) mass is 312 g/mol. The Kier molecular flexibility index (Phi) is 3.46. The number of benzene rings is 1. The number of anilines is 1. The molecule has 1 fully saturated rings. The largest absolute Gasteiger partial charge is 0.375 e. The Morgan fingerprint density at radius 3 is 2.79 bits per heavy atom. The van der Waals surface area contributed by atoms with Crippen molar-refractivity contribution in [2.24, 2.45) is 0 Å². The number of aromatic nitrogens is 1. The lowest BCUT2D eigenvalue weighted by molar-refractivity contribution is 1.01. The molecule has 5 heteroatoms. The highest BCUT2D eigenvalue weighted by Crippen LogP contribution is 2.44. The van der Waals surface area contributed by atoms with Gasteiger partial charge in [0.05, 0.1) is 5.69 Å². The fourth-order valence-electron chi connectivity index (χ4n) is 2.22. The lowest BCUT2D eigenvalue weighted by atomic mass is 10.1. The maximum Gasteiger partial charge on any atom is 0.180 e. The fraction of sp³-hybridized carbons (Fsp3) is 0.357. The van der Waals surface area contributed by atoms with Crippen molar-refractivity contribution in [1.82, 2.24) is 4.98 Å². The lowest BCUT2D eigenvalue weighted by Gasteiger charge is -2.09. The van der Waals surface area contributed by atoms with E-state index in [9.17, 15) is 0 Å². The molecule has 0 bridgehead atoms. The summed E-state index contributed by atoms with van der Waals surface area (Å²) in [4.78, 5) is 5.66. The molecule has 1 aliphatic carbocycles. The summed E-state index contributed by atoms with van der Waals surface area (Å²) in [5, 5.41) is 2.10. The third-order valence-electron chi connectivity index (χ3n) is 3.42. The average molecular weight is 313 g/mol. The minimum absolute atomic E-state index is 0.589. The molecule has 19 heavy (non-hydrogen) atoms. The van der Waals surface area contributed by atoms with Crippen molar-refractivity contribution in [3.8, 4) is 0 Å². The van der Waals surface area contributed by atoms with Crippen LogP contribution in [-0.2, 0) is 6.42 Å². The van der Waals surface area contributed by atoms with E-state index in [-0.39, 0.29) is 0 Å². The van der Waals surface area contributed by atoms with Gasteiger partial charge in [-0.05, 0) is 37.0 Å². The summed E-state index contributed by atoms with van der Waals surface area (Å²) in [5.41, 5.74) is 9.02. The molecule has 0 spiro atoms. The molecule has 3 rings (SSSR count). The van der Waals surface area contributed by atoms with Gasteiger partial charge in [0.2, 0.25) is 0 Å². The van der Waals surface area contributed by atoms with Crippen molar-refractivity contribution in [2.75, 3.05) is 5.73 Å². The fourth-order valence-corrected chi connectivity index (χ4v) is 3.66. The first-order valence-corrected chi connectivity index (χ1v) is 7.82. The molecule has 1 saturated carbocycles. The van der Waals surface area contributed by atoms with Crippen molar-refractivity contribution < 1.29 is 0 Å². The lowest BCUT2D eigenvalue weighted by Crippen LogP contribution is -1.94. The number of nitrogen functional groups attached to an aromatic ring is 1. The van der Waals surface area contributed by atoms with Crippen LogP contribution in [0.2, 0.25) is 10.0 Å². The number of hydrogen-bond acceptors (Lipinski definition) is 3. The van der Waals surface area contributed by atoms with Crippen LogP contribution in [-0.4, -0.2) is 4.98 Å². The number of hydrogen-bond donors (Lipinski definition) is 1. The average Bonchev–Trinajstić information content (AvgIpc) is 3.14. The normalized spacial score (nSPS) is 14.9. The first-order valence-electron chi connectivity index (χ1n) is 6.25. The van der Waals surface area contributed by atoms with Crippen molar-refractivity contribution in [3.63, 3.8) is 0 Å². The smallest absolute Gasteiger partial charge is 0.180 e. The van der Waals surface area contributed by atoms with Crippen LogP contribution in [0.5, 0.6) is 0 Å². The van der Waals surface area contributed by atoms with E-state index in [0.29, 0.717) is 16.1 Å². The summed E-state index contributed by atoms with van der Waals surface area (Å²) < 4.78 is 0. The molecular weight excluding hydrogens is 299 g/mol. The van der Waals surface area contributed by atoms with Gasteiger partial charge in [0.25, 0.3) is 0 Å². The van der Waals surface area contributed by atoms with Gasteiger partial charge in [0.1, 0.15) is 0 Å². The van der Waals surface area contributed by atoms with Gasteiger partial charge in [-0.25, -0.2) is 4.98 Å². The van der Waals surface area contributed by atoms with E-state index >= 15 is 0 Å². The van der Waals surface area contributed by atoms with Gasteiger partial charge in [-0.3, -0.25) is 0 Å². The van der Waals surface area contributed by atoms with Crippen molar-refractivity contribution in [2.45, 2.75) is 32.1 Å². The number of halogens is 2. The van der Waals surface area contributed by atoms with Gasteiger partial charge in [-0.15, -0.1) is 11.3 Å². The molecule has 2 aromatic rings. The van der Waals surface area contributed by atoms with Crippen molar-refractivity contribution in [3.05, 3.63) is 43.9 Å². The van der Waals surface area contributed by atoms with E-state index < -0.39 is 0 Å². The van der Waals surface area contributed by atoms with Gasteiger partial charge in [-0.2, -0.15) is 0 Å². The van der Waals surface area contributed by atoms with Gasteiger partial charge >= 0.3 is 0 Å². The Morgan fingerprint density at radius 2 is 2.11 bits per heavy atom. The van der Waals surface area contributed by atoms with E-state index in [1.54, 1.807) is 11.3 Å². The zero-order valence-corrected chi connectivity index (χ0v) is 12.9. The SMILES string of the molecule is Cc1ccc(Cl)c(Cc2sc(N)nc2C2CC2)c1Cl. The predicted molar refractivity (Wildman–Crippen MR) is 82.5 cm³/mol. The molecule has 0 atom stereocenters. The highest BCUT2D eigenvalue weighted by Gasteiger charge is 2.29. The molecule has 2 N–H and O–H groups in total. The van der Waals surface area contributed by atoms with E-state index in [2.05, 4.69) is 4.98 Å². The zero-order valence-electron chi connectivity index (χ0n) is 10.5. The van der Waals surface area contributed by atoms with Crippen LogP contribution >= 0.6 is 34.5 Å². The molecule has 0 aliphatic heterocycles. The molecule has 0 radical (unpaired) electrons.